The number of hydrogen-bond donors (Lipinski definition) is 1. The van der Waals surface area contributed by atoms with Crippen LogP contribution in [0.4, 0.5) is 5.69 Å². The number of nitrogens with two attached hydrogens (primary N) is 1. The first-order chi connectivity index (χ1) is 9.65. The number of halogens is 2. The Bertz CT molecular complexity index is 760. The predicted molar refractivity (Wildman–Crippen MR) is 80.6 cm³/mol. The van der Waals surface area contributed by atoms with Crippen LogP contribution in [0.2, 0.25) is 0 Å². The summed E-state index contributed by atoms with van der Waals surface area (Å²) >= 11 is 6.78. The van der Waals surface area contributed by atoms with E-state index in [9.17, 15) is 0 Å². The summed E-state index contributed by atoms with van der Waals surface area (Å²) in [4.78, 5) is 12.2. The van der Waals surface area contributed by atoms with Gasteiger partial charge in [-0.2, -0.15) is 4.98 Å². The maximum atomic E-state index is 6.01. The fourth-order valence-corrected chi connectivity index (χ4v) is 2.85. The number of hydrogen-bond acceptors (Lipinski definition) is 6. The Morgan fingerprint density at radius 1 is 1.20 bits per heavy atom. The van der Waals surface area contributed by atoms with Gasteiger partial charge in [-0.15, -0.1) is 0 Å². The molecule has 8 heteroatoms. The standard InChI is InChI=1S/C12H7Br2N5O/c13-6-3-7(10(15)8(14)4-6)12-18-11(19-20-12)9-1-2-16-5-17-9/h1-5H,15H2. The molecule has 2 aromatic heterocycles. The van der Waals surface area contributed by atoms with Crippen molar-refractivity contribution in [1.82, 2.24) is 20.1 Å². The van der Waals surface area contributed by atoms with Crippen LogP contribution in [0.15, 0.2) is 44.2 Å². The van der Waals surface area contributed by atoms with Crippen LogP contribution in [0.1, 0.15) is 0 Å². The minimum absolute atomic E-state index is 0.332. The van der Waals surface area contributed by atoms with E-state index in [-0.39, 0.29) is 0 Å². The van der Waals surface area contributed by atoms with Gasteiger partial charge >= 0.3 is 0 Å². The Morgan fingerprint density at radius 3 is 2.80 bits per heavy atom. The van der Waals surface area contributed by atoms with E-state index in [2.05, 4.69) is 52.0 Å². The van der Waals surface area contributed by atoms with Gasteiger partial charge in [-0.05, 0) is 34.1 Å². The summed E-state index contributed by atoms with van der Waals surface area (Å²) in [5.74, 6) is 0.719. The highest BCUT2D eigenvalue weighted by Gasteiger charge is 2.16. The molecule has 0 aliphatic heterocycles. The Kier molecular flexibility index (Phi) is 3.49. The molecule has 0 fully saturated rings. The van der Waals surface area contributed by atoms with Crippen molar-refractivity contribution in [2.24, 2.45) is 0 Å². The molecule has 100 valence electrons. The summed E-state index contributed by atoms with van der Waals surface area (Å²) in [5.41, 5.74) is 7.78. The SMILES string of the molecule is Nc1c(Br)cc(Br)cc1-c1nc(-c2ccncn2)no1. The van der Waals surface area contributed by atoms with Crippen molar-refractivity contribution < 1.29 is 4.52 Å². The van der Waals surface area contributed by atoms with E-state index in [4.69, 9.17) is 10.3 Å². The van der Waals surface area contributed by atoms with Gasteiger partial charge in [-0.1, -0.05) is 21.1 Å². The molecule has 0 amide bonds. The van der Waals surface area contributed by atoms with Crippen molar-refractivity contribution in [3.05, 3.63) is 39.7 Å². The normalized spacial score (nSPS) is 10.7. The molecule has 6 nitrogen and oxygen atoms in total. The summed E-state index contributed by atoms with van der Waals surface area (Å²) in [7, 11) is 0. The Balaban J connectivity index is 2.07. The molecule has 3 rings (SSSR count). The molecule has 0 spiro atoms. The topological polar surface area (TPSA) is 90.7 Å². The Hall–Kier alpha value is -1.80. The molecule has 2 heterocycles. The van der Waals surface area contributed by atoms with E-state index in [1.54, 1.807) is 12.3 Å². The fourth-order valence-electron chi connectivity index (χ4n) is 1.62. The lowest BCUT2D eigenvalue weighted by molar-refractivity contribution is 0.432. The van der Waals surface area contributed by atoms with Gasteiger partial charge in [0.05, 0.1) is 11.3 Å². The largest absolute Gasteiger partial charge is 0.397 e. The third-order valence-corrected chi connectivity index (χ3v) is 3.68. The average molecular weight is 397 g/mol. The number of benzene rings is 1. The third-order valence-electron chi connectivity index (χ3n) is 2.56. The smallest absolute Gasteiger partial charge is 0.260 e. The van der Waals surface area contributed by atoms with E-state index < -0.39 is 0 Å². The molecular formula is C12H7Br2N5O. The number of aromatic nitrogens is 4. The van der Waals surface area contributed by atoms with Crippen LogP contribution >= 0.6 is 31.9 Å². The van der Waals surface area contributed by atoms with Gasteiger partial charge in [-0.25, -0.2) is 9.97 Å². The Labute approximate surface area is 130 Å². The summed E-state index contributed by atoms with van der Waals surface area (Å²) in [6, 6.07) is 5.37. The summed E-state index contributed by atoms with van der Waals surface area (Å²) in [6.45, 7) is 0. The molecule has 3 aromatic rings. The summed E-state index contributed by atoms with van der Waals surface area (Å²) in [6.07, 6.45) is 3.04. The fraction of sp³-hybridized carbons (Fsp3) is 0. The molecule has 20 heavy (non-hydrogen) atoms. The van der Waals surface area contributed by atoms with Gasteiger partial charge in [0.25, 0.3) is 5.89 Å². The minimum atomic E-state index is 0.332. The predicted octanol–water partition coefficient (Wildman–Crippen LogP) is 3.30. The van der Waals surface area contributed by atoms with Crippen molar-refractivity contribution in [3.8, 4) is 23.0 Å². The maximum Gasteiger partial charge on any atom is 0.260 e. The first-order valence-electron chi connectivity index (χ1n) is 5.50. The number of anilines is 1. The van der Waals surface area contributed by atoms with E-state index >= 15 is 0 Å². The maximum absolute atomic E-state index is 6.01. The van der Waals surface area contributed by atoms with Crippen LogP contribution in [0.25, 0.3) is 23.0 Å². The van der Waals surface area contributed by atoms with Gasteiger partial charge in [-0.3, -0.25) is 0 Å². The molecule has 0 aliphatic carbocycles. The summed E-state index contributed by atoms with van der Waals surface area (Å²) < 4.78 is 6.86. The second kappa shape index (κ2) is 5.29. The zero-order valence-corrected chi connectivity index (χ0v) is 13.1. The highest BCUT2D eigenvalue weighted by atomic mass is 79.9. The van der Waals surface area contributed by atoms with Crippen LogP contribution in [0, 0.1) is 0 Å². The van der Waals surface area contributed by atoms with Gasteiger partial charge < -0.3 is 10.3 Å². The first kappa shape index (κ1) is 13.2. The molecule has 0 aliphatic rings. The van der Waals surface area contributed by atoms with Crippen LogP contribution in [-0.2, 0) is 0 Å². The van der Waals surface area contributed by atoms with E-state index in [0.717, 1.165) is 8.95 Å². The number of nitrogen functional groups attached to an aromatic ring is 1. The zero-order chi connectivity index (χ0) is 14.1. The molecule has 0 bridgehead atoms. The van der Waals surface area contributed by atoms with E-state index in [1.165, 1.54) is 6.33 Å². The van der Waals surface area contributed by atoms with Gasteiger partial charge in [0, 0.05) is 15.1 Å². The van der Waals surface area contributed by atoms with Crippen LogP contribution in [0.3, 0.4) is 0 Å². The van der Waals surface area contributed by atoms with E-state index in [0.29, 0.717) is 28.7 Å². The second-order valence-electron chi connectivity index (χ2n) is 3.87. The third kappa shape index (κ3) is 2.44. The van der Waals surface area contributed by atoms with Crippen LogP contribution in [-0.4, -0.2) is 20.1 Å². The van der Waals surface area contributed by atoms with Crippen molar-refractivity contribution in [3.63, 3.8) is 0 Å². The monoisotopic (exact) mass is 395 g/mol. The zero-order valence-electron chi connectivity index (χ0n) is 9.92. The molecule has 0 saturated carbocycles. The van der Waals surface area contributed by atoms with E-state index in [1.807, 2.05) is 12.1 Å². The second-order valence-corrected chi connectivity index (χ2v) is 5.64. The lowest BCUT2D eigenvalue weighted by atomic mass is 10.2. The number of rotatable bonds is 2. The highest BCUT2D eigenvalue weighted by Crippen LogP contribution is 2.34. The highest BCUT2D eigenvalue weighted by molar-refractivity contribution is 9.11. The molecule has 0 atom stereocenters. The molecule has 0 unspecified atom stereocenters. The van der Waals surface area contributed by atoms with Gasteiger partial charge in [0.2, 0.25) is 5.82 Å². The van der Waals surface area contributed by atoms with Gasteiger partial charge in [0.1, 0.15) is 12.0 Å². The Morgan fingerprint density at radius 2 is 2.05 bits per heavy atom. The lowest BCUT2D eigenvalue weighted by Gasteiger charge is -2.04. The van der Waals surface area contributed by atoms with Crippen molar-refractivity contribution in [1.29, 1.82) is 0 Å². The summed E-state index contributed by atoms with van der Waals surface area (Å²) in [5, 5.41) is 3.90. The number of nitrogens with zero attached hydrogens (tertiary/aromatic N) is 4. The molecule has 0 radical (unpaired) electrons. The van der Waals surface area contributed by atoms with Crippen molar-refractivity contribution in [2.45, 2.75) is 0 Å². The van der Waals surface area contributed by atoms with Crippen LogP contribution < -0.4 is 5.73 Å². The van der Waals surface area contributed by atoms with Crippen molar-refractivity contribution in [2.75, 3.05) is 5.73 Å². The lowest BCUT2D eigenvalue weighted by Crippen LogP contribution is -1.92. The molecular weight excluding hydrogens is 390 g/mol. The van der Waals surface area contributed by atoms with Crippen LogP contribution in [0.5, 0.6) is 0 Å². The van der Waals surface area contributed by atoms with Gasteiger partial charge in [0.15, 0.2) is 0 Å². The molecule has 1 aromatic carbocycles. The first-order valence-corrected chi connectivity index (χ1v) is 7.09. The minimum Gasteiger partial charge on any atom is -0.397 e. The molecule has 0 saturated heterocycles. The molecule has 2 N–H and O–H groups in total. The quantitative estimate of drug-likeness (QED) is 0.668. The average Bonchev–Trinajstić information content (AvgIpc) is 2.93. The van der Waals surface area contributed by atoms with Crippen molar-refractivity contribution >= 4 is 37.5 Å².